The Morgan fingerprint density at radius 1 is 0.955 bits per heavy atom. The second-order valence-corrected chi connectivity index (χ2v) is 5.44. The molecule has 0 atom stereocenters. The fraction of sp³-hybridized carbons (Fsp3) is 0.150. The molecule has 0 spiro atoms. The number of rotatable bonds is 5. The van der Waals surface area contributed by atoms with Crippen LogP contribution in [0.5, 0.6) is 5.75 Å². The number of carbonyl (C=O) groups excluding carboxylic acids is 1. The molecule has 22 heavy (non-hydrogen) atoms. The highest BCUT2D eigenvalue weighted by Crippen LogP contribution is 2.22. The molecule has 0 N–H and O–H groups in total. The average Bonchev–Trinajstić information content (AvgIpc) is 2.55. The van der Waals surface area contributed by atoms with Crippen LogP contribution in [-0.2, 0) is 17.8 Å². The highest BCUT2D eigenvalue weighted by atomic mass is 16.5. The molecule has 2 heteroatoms. The summed E-state index contributed by atoms with van der Waals surface area (Å²) in [5.74, 6) is 0.820. The van der Waals surface area contributed by atoms with E-state index in [1.807, 2.05) is 24.3 Å². The summed E-state index contributed by atoms with van der Waals surface area (Å²) in [4.78, 5) is 10.5. The van der Waals surface area contributed by atoms with Crippen molar-refractivity contribution in [2.75, 3.05) is 0 Å². The largest absolute Gasteiger partial charge is 0.489 e. The Morgan fingerprint density at radius 2 is 1.73 bits per heavy atom. The van der Waals surface area contributed by atoms with E-state index in [4.69, 9.17) is 4.74 Å². The van der Waals surface area contributed by atoms with Gasteiger partial charge in [0.05, 0.1) is 0 Å². The van der Waals surface area contributed by atoms with E-state index >= 15 is 0 Å². The minimum atomic E-state index is 0.449. The van der Waals surface area contributed by atoms with Crippen LogP contribution in [-0.4, -0.2) is 6.29 Å². The molecule has 0 saturated heterocycles. The summed E-state index contributed by atoms with van der Waals surface area (Å²) in [6.45, 7) is 2.67. The second-order valence-electron chi connectivity index (χ2n) is 5.44. The lowest BCUT2D eigenvalue weighted by Gasteiger charge is -2.10. The van der Waals surface area contributed by atoms with Crippen LogP contribution in [0.15, 0.2) is 60.7 Å². The van der Waals surface area contributed by atoms with E-state index in [1.54, 1.807) is 0 Å². The third-order valence-corrected chi connectivity index (χ3v) is 3.78. The Bertz CT molecular complexity index is 788. The average molecular weight is 290 g/mol. The predicted octanol–water partition coefficient (Wildman–Crippen LogP) is 4.47. The molecule has 0 aromatic heterocycles. The lowest BCUT2D eigenvalue weighted by atomic mass is 10.0. The first-order valence-electron chi connectivity index (χ1n) is 7.40. The van der Waals surface area contributed by atoms with E-state index in [0.717, 1.165) is 23.2 Å². The molecule has 3 aromatic carbocycles. The molecule has 0 aliphatic heterocycles. The Kier molecular flexibility index (Phi) is 4.19. The van der Waals surface area contributed by atoms with Gasteiger partial charge in [0.2, 0.25) is 0 Å². The van der Waals surface area contributed by atoms with E-state index in [9.17, 15) is 4.79 Å². The summed E-state index contributed by atoms with van der Waals surface area (Å²) >= 11 is 0. The smallest absolute Gasteiger partial charge is 0.124 e. The van der Waals surface area contributed by atoms with E-state index in [-0.39, 0.29) is 0 Å². The highest BCUT2D eigenvalue weighted by Gasteiger charge is 2.02. The van der Waals surface area contributed by atoms with Gasteiger partial charge in [0, 0.05) is 6.42 Å². The number of aldehydes is 1. The van der Waals surface area contributed by atoms with Crippen LogP contribution in [0.1, 0.15) is 16.7 Å². The van der Waals surface area contributed by atoms with Gasteiger partial charge in [-0.1, -0.05) is 42.5 Å². The molecule has 0 saturated carbocycles. The fourth-order valence-corrected chi connectivity index (χ4v) is 2.65. The minimum absolute atomic E-state index is 0.449. The Labute approximate surface area is 130 Å². The van der Waals surface area contributed by atoms with Crippen molar-refractivity contribution < 1.29 is 9.53 Å². The van der Waals surface area contributed by atoms with Crippen molar-refractivity contribution in [3.8, 4) is 5.75 Å². The molecule has 0 fully saturated rings. The van der Waals surface area contributed by atoms with Gasteiger partial charge in [-0.15, -0.1) is 0 Å². The second kappa shape index (κ2) is 6.44. The standard InChI is InChI=1S/C20H18O2/c1-15-12-17(13-18-4-2-3-5-20(15)18)14-22-19-8-6-16(7-9-19)10-11-21/h2-9,11-13H,10,14H2,1H3. The van der Waals surface area contributed by atoms with Crippen LogP contribution in [0.3, 0.4) is 0 Å². The lowest BCUT2D eigenvalue weighted by molar-refractivity contribution is -0.107. The van der Waals surface area contributed by atoms with Gasteiger partial charge in [0.25, 0.3) is 0 Å². The van der Waals surface area contributed by atoms with Gasteiger partial charge < -0.3 is 9.53 Å². The van der Waals surface area contributed by atoms with Gasteiger partial charge in [-0.05, 0) is 52.6 Å². The van der Waals surface area contributed by atoms with Crippen molar-refractivity contribution in [2.45, 2.75) is 20.0 Å². The molecule has 0 aliphatic rings. The monoisotopic (exact) mass is 290 g/mol. The summed E-state index contributed by atoms with van der Waals surface area (Å²) in [6, 6.07) is 20.4. The third-order valence-electron chi connectivity index (χ3n) is 3.78. The SMILES string of the molecule is Cc1cc(COc2ccc(CC=O)cc2)cc2ccccc12. The molecule has 0 amide bonds. The number of carbonyl (C=O) groups is 1. The van der Waals surface area contributed by atoms with Crippen LogP contribution < -0.4 is 4.74 Å². The molecule has 2 nitrogen and oxygen atoms in total. The highest BCUT2D eigenvalue weighted by molar-refractivity contribution is 5.86. The number of hydrogen-bond acceptors (Lipinski definition) is 2. The van der Waals surface area contributed by atoms with Crippen molar-refractivity contribution in [3.05, 3.63) is 77.4 Å². The Hall–Kier alpha value is -2.61. The molecular formula is C20H18O2. The molecule has 0 aliphatic carbocycles. The summed E-state index contributed by atoms with van der Waals surface area (Å²) in [5.41, 5.74) is 3.43. The number of hydrogen-bond donors (Lipinski definition) is 0. The molecule has 0 bridgehead atoms. The van der Waals surface area contributed by atoms with Crippen molar-refractivity contribution in [1.29, 1.82) is 0 Å². The van der Waals surface area contributed by atoms with Gasteiger partial charge in [-0.2, -0.15) is 0 Å². The van der Waals surface area contributed by atoms with Crippen LogP contribution in [0, 0.1) is 6.92 Å². The molecule has 3 aromatic rings. The maximum absolute atomic E-state index is 10.5. The first-order chi connectivity index (χ1) is 10.8. The van der Waals surface area contributed by atoms with Crippen LogP contribution in [0.4, 0.5) is 0 Å². The van der Waals surface area contributed by atoms with Gasteiger partial charge in [0.1, 0.15) is 18.6 Å². The number of aryl methyl sites for hydroxylation is 1. The summed E-state index contributed by atoms with van der Waals surface area (Å²) in [6.07, 6.45) is 1.36. The lowest BCUT2D eigenvalue weighted by Crippen LogP contribution is -1.97. The van der Waals surface area contributed by atoms with Crippen molar-refractivity contribution in [1.82, 2.24) is 0 Å². The number of benzene rings is 3. The van der Waals surface area contributed by atoms with E-state index in [0.29, 0.717) is 13.0 Å². The first-order valence-corrected chi connectivity index (χ1v) is 7.40. The molecule has 0 heterocycles. The number of ether oxygens (including phenoxy) is 1. The van der Waals surface area contributed by atoms with Crippen LogP contribution >= 0.6 is 0 Å². The van der Waals surface area contributed by atoms with Gasteiger partial charge >= 0.3 is 0 Å². The Morgan fingerprint density at radius 3 is 2.50 bits per heavy atom. The van der Waals surface area contributed by atoms with Crippen LogP contribution in [0.25, 0.3) is 10.8 Å². The quantitative estimate of drug-likeness (QED) is 0.648. The van der Waals surface area contributed by atoms with Crippen LogP contribution in [0.2, 0.25) is 0 Å². The van der Waals surface area contributed by atoms with Crippen molar-refractivity contribution >= 4 is 17.1 Å². The van der Waals surface area contributed by atoms with E-state index < -0.39 is 0 Å². The molecule has 0 radical (unpaired) electrons. The van der Waals surface area contributed by atoms with Crippen molar-refractivity contribution in [3.63, 3.8) is 0 Å². The zero-order valence-corrected chi connectivity index (χ0v) is 12.6. The topological polar surface area (TPSA) is 26.3 Å². The molecule has 110 valence electrons. The first kappa shape index (κ1) is 14.3. The summed E-state index contributed by atoms with van der Waals surface area (Å²) < 4.78 is 5.84. The van der Waals surface area contributed by atoms with Crippen molar-refractivity contribution in [2.24, 2.45) is 0 Å². The third kappa shape index (κ3) is 3.17. The minimum Gasteiger partial charge on any atom is -0.489 e. The number of fused-ring (bicyclic) bond motifs is 1. The molecule has 0 unspecified atom stereocenters. The summed E-state index contributed by atoms with van der Waals surface area (Å²) in [7, 11) is 0. The zero-order valence-electron chi connectivity index (χ0n) is 12.6. The van der Waals surface area contributed by atoms with E-state index in [1.165, 1.54) is 16.3 Å². The normalized spacial score (nSPS) is 10.6. The maximum Gasteiger partial charge on any atom is 0.124 e. The fourth-order valence-electron chi connectivity index (χ4n) is 2.65. The molecule has 3 rings (SSSR count). The van der Waals surface area contributed by atoms with Gasteiger partial charge in [-0.3, -0.25) is 0 Å². The van der Waals surface area contributed by atoms with Gasteiger partial charge in [0.15, 0.2) is 0 Å². The Balaban J connectivity index is 1.74. The summed E-state index contributed by atoms with van der Waals surface area (Å²) in [5, 5.41) is 2.52. The van der Waals surface area contributed by atoms with Gasteiger partial charge in [-0.25, -0.2) is 0 Å². The zero-order chi connectivity index (χ0) is 15.4. The van der Waals surface area contributed by atoms with E-state index in [2.05, 4.69) is 43.3 Å². The maximum atomic E-state index is 10.5. The predicted molar refractivity (Wildman–Crippen MR) is 89.2 cm³/mol. The molecular weight excluding hydrogens is 272 g/mol.